The molecule has 2 aliphatic rings. The molecule has 1 fully saturated rings. The number of halogens is 2. The van der Waals surface area contributed by atoms with Gasteiger partial charge in [-0.25, -0.2) is 8.78 Å². The van der Waals surface area contributed by atoms with E-state index >= 15 is 0 Å². The highest BCUT2D eigenvalue weighted by Gasteiger charge is 2.41. The molecule has 2 amide bonds. The van der Waals surface area contributed by atoms with Crippen molar-refractivity contribution in [3.05, 3.63) is 23.3 Å². The van der Waals surface area contributed by atoms with E-state index in [0.29, 0.717) is 23.4 Å². The molecule has 1 aliphatic heterocycles. The fraction of sp³-hybridized carbons (Fsp3) is 0.667. The third kappa shape index (κ3) is 6.01. The van der Waals surface area contributed by atoms with Crippen LogP contribution in [-0.2, 0) is 9.59 Å². The SMILES string of the molecule is Cc1cc2c(cc1C(=O)N(C(C)C)C1CCCCC1)N(CCCCC(=O)C(F)F)C(=O)C(C)(C)O2. The maximum atomic E-state index is 13.8. The van der Waals surface area contributed by atoms with Crippen molar-refractivity contribution in [2.24, 2.45) is 0 Å². The van der Waals surface area contributed by atoms with Crippen LogP contribution in [0.1, 0.15) is 95.0 Å². The molecule has 0 unspecified atom stereocenters. The first-order chi connectivity index (χ1) is 16.4. The number of hydrogen-bond acceptors (Lipinski definition) is 4. The fourth-order valence-corrected chi connectivity index (χ4v) is 5.17. The number of fused-ring (bicyclic) bond motifs is 1. The number of Topliss-reactive ketones (excluding diaryl/α,β-unsaturated/α-hetero) is 1. The lowest BCUT2D eigenvalue weighted by Crippen LogP contribution is -2.53. The zero-order valence-corrected chi connectivity index (χ0v) is 21.5. The summed E-state index contributed by atoms with van der Waals surface area (Å²) in [7, 11) is 0. The van der Waals surface area contributed by atoms with Crippen molar-refractivity contribution in [2.75, 3.05) is 11.4 Å². The monoisotopic (exact) mass is 492 g/mol. The number of unbranched alkanes of at least 4 members (excludes halogenated alkanes) is 1. The van der Waals surface area contributed by atoms with Crippen molar-refractivity contribution in [3.63, 3.8) is 0 Å². The summed E-state index contributed by atoms with van der Waals surface area (Å²) in [6.45, 7) is 9.56. The molecule has 0 saturated heterocycles. The lowest BCUT2D eigenvalue weighted by atomic mass is 9.92. The van der Waals surface area contributed by atoms with Crippen LogP contribution in [0.25, 0.3) is 0 Å². The van der Waals surface area contributed by atoms with E-state index in [9.17, 15) is 23.2 Å². The van der Waals surface area contributed by atoms with Crippen molar-refractivity contribution in [1.29, 1.82) is 0 Å². The molecule has 194 valence electrons. The minimum atomic E-state index is -2.97. The average Bonchev–Trinajstić information content (AvgIpc) is 2.78. The van der Waals surface area contributed by atoms with Crippen molar-refractivity contribution in [2.45, 2.75) is 110 Å². The second-order valence-electron chi connectivity index (χ2n) is 10.5. The molecule has 0 N–H and O–H groups in total. The molecule has 1 aliphatic carbocycles. The molecule has 0 spiro atoms. The van der Waals surface area contributed by atoms with E-state index < -0.39 is 17.8 Å². The van der Waals surface area contributed by atoms with Gasteiger partial charge in [-0.2, -0.15) is 0 Å². The summed E-state index contributed by atoms with van der Waals surface area (Å²) >= 11 is 0. The van der Waals surface area contributed by atoms with E-state index in [2.05, 4.69) is 0 Å². The first kappa shape index (κ1) is 27.1. The molecule has 1 heterocycles. The molecule has 0 radical (unpaired) electrons. The van der Waals surface area contributed by atoms with Gasteiger partial charge in [-0.1, -0.05) is 19.3 Å². The number of ketones is 1. The number of hydrogen-bond donors (Lipinski definition) is 0. The zero-order chi connectivity index (χ0) is 25.9. The quantitative estimate of drug-likeness (QED) is 0.416. The van der Waals surface area contributed by atoms with Crippen LogP contribution in [0.5, 0.6) is 5.75 Å². The van der Waals surface area contributed by atoms with Crippen molar-refractivity contribution >= 4 is 23.3 Å². The number of aryl methyl sites for hydroxylation is 1. The normalized spacial score (nSPS) is 18.0. The Morgan fingerprint density at radius 2 is 1.80 bits per heavy atom. The molecule has 1 aromatic carbocycles. The fourth-order valence-electron chi connectivity index (χ4n) is 5.17. The highest BCUT2D eigenvalue weighted by Crippen LogP contribution is 2.40. The minimum Gasteiger partial charge on any atom is -0.476 e. The lowest BCUT2D eigenvalue weighted by molar-refractivity contribution is -0.132. The van der Waals surface area contributed by atoms with Gasteiger partial charge in [-0.05, 0) is 78.0 Å². The van der Waals surface area contributed by atoms with Crippen LogP contribution in [0.3, 0.4) is 0 Å². The smallest absolute Gasteiger partial charge is 0.295 e. The highest BCUT2D eigenvalue weighted by molar-refractivity contribution is 6.05. The van der Waals surface area contributed by atoms with Crippen LogP contribution < -0.4 is 9.64 Å². The van der Waals surface area contributed by atoms with Crippen LogP contribution in [0, 0.1) is 6.92 Å². The average molecular weight is 493 g/mol. The van der Waals surface area contributed by atoms with Gasteiger partial charge < -0.3 is 14.5 Å². The first-order valence-corrected chi connectivity index (χ1v) is 12.7. The zero-order valence-electron chi connectivity index (χ0n) is 21.5. The van der Waals surface area contributed by atoms with Crippen LogP contribution in [0.2, 0.25) is 0 Å². The van der Waals surface area contributed by atoms with Gasteiger partial charge in [0.15, 0.2) is 11.4 Å². The molecule has 1 aromatic rings. The third-order valence-electron chi connectivity index (χ3n) is 7.01. The van der Waals surface area contributed by atoms with Crippen molar-refractivity contribution in [1.82, 2.24) is 4.90 Å². The molecular formula is C27H38F2N2O4. The number of amides is 2. The van der Waals surface area contributed by atoms with Gasteiger partial charge in [0, 0.05) is 30.6 Å². The summed E-state index contributed by atoms with van der Waals surface area (Å²) in [5.41, 5.74) is 0.728. The molecule has 1 saturated carbocycles. The van der Waals surface area contributed by atoms with Crippen LogP contribution in [0.4, 0.5) is 14.5 Å². The number of rotatable bonds is 9. The van der Waals surface area contributed by atoms with Crippen molar-refractivity contribution in [3.8, 4) is 5.75 Å². The molecule has 0 atom stereocenters. The third-order valence-corrected chi connectivity index (χ3v) is 7.01. The summed E-state index contributed by atoms with van der Waals surface area (Å²) in [6, 6.07) is 3.79. The summed E-state index contributed by atoms with van der Waals surface area (Å²) in [5, 5.41) is 0. The maximum absolute atomic E-state index is 13.8. The summed E-state index contributed by atoms with van der Waals surface area (Å²) < 4.78 is 31.0. The molecule has 0 bridgehead atoms. The summed E-state index contributed by atoms with van der Waals surface area (Å²) in [5.74, 6) is -0.882. The van der Waals surface area contributed by atoms with Crippen LogP contribution in [-0.4, -0.2) is 53.2 Å². The predicted molar refractivity (Wildman–Crippen MR) is 131 cm³/mol. The van der Waals surface area contributed by atoms with Crippen LogP contribution >= 0.6 is 0 Å². The minimum absolute atomic E-state index is 0.0429. The Morgan fingerprint density at radius 1 is 1.14 bits per heavy atom. The number of ether oxygens (including phenoxy) is 1. The van der Waals surface area contributed by atoms with Gasteiger partial charge in [0.2, 0.25) is 0 Å². The molecular weight excluding hydrogens is 454 g/mol. The van der Waals surface area contributed by atoms with E-state index in [-0.39, 0.29) is 43.3 Å². The van der Waals surface area contributed by atoms with Crippen LogP contribution in [0.15, 0.2) is 12.1 Å². The maximum Gasteiger partial charge on any atom is 0.295 e. The Bertz CT molecular complexity index is 955. The Morgan fingerprint density at radius 3 is 2.40 bits per heavy atom. The number of carbonyl (C=O) groups is 3. The van der Waals surface area contributed by atoms with Gasteiger partial charge >= 0.3 is 0 Å². The predicted octanol–water partition coefficient (Wildman–Crippen LogP) is 5.69. The Labute approximate surface area is 207 Å². The van der Waals surface area contributed by atoms with E-state index in [1.807, 2.05) is 31.7 Å². The topological polar surface area (TPSA) is 66.9 Å². The summed E-state index contributed by atoms with van der Waals surface area (Å²) in [4.78, 5) is 41.8. The second kappa shape index (κ2) is 11.0. The van der Waals surface area contributed by atoms with Crippen molar-refractivity contribution < 1.29 is 27.9 Å². The number of carbonyl (C=O) groups excluding carboxylic acids is 3. The number of anilines is 1. The van der Waals surface area contributed by atoms with E-state index in [1.165, 1.54) is 6.42 Å². The molecule has 35 heavy (non-hydrogen) atoms. The Balaban J connectivity index is 1.90. The highest BCUT2D eigenvalue weighted by atomic mass is 19.3. The molecule has 3 rings (SSSR count). The Hall–Kier alpha value is -2.51. The van der Waals surface area contributed by atoms with Gasteiger partial charge in [-0.15, -0.1) is 0 Å². The first-order valence-electron chi connectivity index (χ1n) is 12.7. The number of benzene rings is 1. The number of alkyl halides is 2. The summed E-state index contributed by atoms with van der Waals surface area (Å²) in [6.07, 6.45) is 2.86. The molecule has 6 nitrogen and oxygen atoms in total. The number of nitrogens with zero attached hydrogens (tertiary/aromatic N) is 2. The largest absolute Gasteiger partial charge is 0.476 e. The van der Waals surface area contributed by atoms with Gasteiger partial charge in [0.25, 0.3) is 18.2 Å². The second-order valence-corrected chi connectivity index (χ2v) is 10.5. The molecule has 8 heteroatoms. The van der Waals surface area contributed by atoms with Gasteiger partial charge in [0.05, 0.1) is 5.69 Å². The standard InChI is InChI=1S/C27H38F2N2O4/c1-17(2)31(19-11-7-6-8-12-19)25(33)20-16-21-23(15-18(20)3)35-27(4,5)26(34)30(21)14-10-9-13-22(32)24(28)29/h15-17,19,24H,6-14H2,1-5H3. The van der Waals surface area contributed by atoms with Gasteiger partial charge in [0.1, 0.15) is 5.75 Å². The Kier molecular flexibility index (Phi) is 8.54. The van der Waals surface area contributed by atoms with Gasteiger partial charge in [-0.3, -0.25) is 14.4 Å². The van der Waals surface area contributed by atoms with E-state index in [1.54, 1.807) is 24.8 Å². The van der Waals surface area contributed by atoms with E-state index in [4.69, 9.17) is 4.74 Å². The lowest BCUT2D eigenvalue weighted by Gasteiger charge is -2.40. The van der Waals surface area contributed by atoms with E-state index in [0.717, 1.165) is 31.2 Å². The molecule has 0 aromatic heterocycles.